The van der Waals surface area contributed by atoms with Crippen LogP contribution in [0.2, 0.25) is 0 Å². The summed E-state index contributed by atoms with van der Waals surface area (Å²) < 4.78 is 2.03. The molecule has 0 aromatic carbocycles. The summed E-state index contributed by atoms with van der Waals surface area (Å²) in [6.07, 6.45) is 5.70. The Morgan fingerprint density at radius 2 is 2.23 bits per heavy atom. The van der Waals surface area contributed by atoms with Crippen molar-refractivity contribution in [2.75, 3.05) is 13.2 Å². The number of hydrogen-bond acceptors (Lipinski definition) is 3. The fraction of sp³-hybridized carbons (Fsp3) is 0.765. The molecule has 1 heterocycles. The van der Waals surface area contributed by atoms with Gasteiger partial charge in [-0.15, -0.1) is 0 Å². The molecule has 1 aromatic rings. The van der Waals surface area contributed by atoms with Gasteiger partial charge in [-0.05, 0) is 38.0 Å². The lowest BCUT2D eigenvalue weighted by Crippen LogP contribution is -2.34. The first-order valence-corrected chi connectivity index (χ1v) is 8.36. The minimum Gasteiger partial charge on any atom is -0.396 e. The smallest absolute Gasteiger partial charge is 0.254 e. The summed E-state index contributed by atoms with van der Waals surface area (Å²) in [7, 11) is 0. The Hall–Kier alpha value is -1.36. The van der Waals surface area contributed by atoms with Crippen LogP contribution in [0.1, 0.15) is 81.4 Å². The molecule has 0 radical (unpaired) electrons. The van der Waals surface area contributed by atoms with Crippen molar-refractivity contribution in [3.63, 3.8) is 0 Å². The maximum absolute atomic E-state index is 12.5. The number of aromatic nitrogens is 2. The van der Waals surface area contributed by atoms with Crippen molar-refractivity contribution >= 4 is 5.91 Å². The van der Waals surface area contributed by atoms with E-state index in [4.69, 9.17) is 5.11 Å². The average molecular weight is 307 g/mol. The van der Waals surface area contributed by atoms with Crippen LogP contribution in [0.3, 0.4) is 0 Å². The van der Waals surface area contributed by atoms with Crippen LogP contribution in [0.15, 0.2) is 6.20 Å². The Bertz CT molecular complexity index is 518. The van der Waals surface area contributed by atoms with Gasteiger partial charge in [-0.1, -0.05) is 20.8 Å². The number of rotatable bonds is 8. The molecule has 1 fully saturated rings. The van der Waals surface area contributed by atoms with Crippen LogP contribution in [0.4, 0.5) is 0 Å². The van der Waals surface area contributed by atoms with E-state index in [0.29, 0.717) is 24.9 Å². The number of aliphatic hydroxyl groups is 1. The standard InChI is InChI=1S/C17H29N3O2/c1-5-12(2)20-15(13-6-7-13)14(10-19-20)16(22)18-11-17(3,4)8-9-21/h10,12-13,21H,5-9,11H2,1-4H3,(H,18,22). The lowest BCUT2D eigenvalue weighted by Gasteiger charge is -2.24. The zero-order valence-electron chi connectivity index (χ0n) is 14.2. The highest BCUT2D eigenvalue weighted by molar-refractivity contribution is 5.95. The van der Waals surface area contributed by atoms with Crippen molar-refractivity contribution in [1.29, 1.82) is 0 Å². The van der Waals surface area contributed by atoms with Crippen LogP contribution in [0.25, 0.3) is 0 Å². The molecule has 5 heteroatoms. The summed E-state index contributed by atoms with van der Waals surface area (Å²) >= 11 is 0. The SMILES string of the molecule is CCC(C)n1ncc(C(=O)NCC(C)(C)CCO)c1C1CC1. The predicted octanol–water partition coefficient (Wildman–Crippen LogP) is 2.87. The van der Waals surface area contributed by atoms with Gasteiger partial charge >= 0.3 is 0 Å². The van der Waals surface area contributed by atoms with Crippen LogP contribution in [0.5, 0.6) is 0 Å². The zero-order chi connectivity index (χ0) is 16.3. The summed E-state index contributed by atoms with van der Waals surface area (Å²) in [5.74, 6) is 0.449. The molecule has 0 bridgehead atoms. The quantitative estimate of drug-likeness (QED) is 0.776. The number of hydrogen-bond donors (Lipinski definition) is 2. The molecule has 2 rings (SSSR count). The Labute approximate surface area is 133 Å². The zero-order valence-corrected chi connectivity index (χ0v) is 14.2. The van der Waals surface area contributed by atoms with Crippen molar-refractivity contribution in [3.05, 3.63) is 17.5 Å². The van der Waals surface area contributed by atoms with Gasteiger partial charge in [-0.25, -0.2) is 0 Å². The normalized spacial score (nSPS) is 16.6. The summed E-state index contributed by atoms with van der Waals surface area (Å²) in [5, 5.41) is 16.6. The third-order valence-corrected chi connectivity index (χ3v) is 4.57. The summed E-state index contributed by atoms with van der Waals surface area (Å²) in [5.41, 5.74) is 1.73. The number of carbonyl (C=O) groups is 1. The van der Waals surface area contributed by atoms with Crippen molar-refractivity contribution in [3.8, 4) is 0 Å². The molecule has 22 heavy (non-hydrogen) atoms. The molecule has 1 saturated carbocycles. The Kier molecular flexibility index (Phi) is 5.27. The van der Waals surface area contributed by atoms with E-state index in [2.05, 4.69) is 24.3 Å². The number of amides is 1. The number of aliphatic hydroxyl groups excluding tert-OH is 1. The molecule has 1 unspecified atom stereocenters. The van der Waals surface area contributed by atoms with Crippen LogP contribution < -0.4 is 5.32 Å². The third-order valence-electron chi connectivity index (χ3n) is 4.57. The fourth-order valence-corrected chi connectivity index (χ4v) is 2.64. The fourth-order valence-electron chi connectivity index (χ4n) is 2.64. The number of nitrogens with one attached hydrogen (secondary N) is 1. The Morgan fingerprint density at radius 3 is 2.77 bits per heavy atom. The van der Waals surface area contributed by atoms with E-state index in [1.54, 1.807) is 6.20 Å². The first-order chi connectivity index (χ1) is 10.4. The van der Waals surface area contributed by atoms with Gasteiger partial charge in [0, 0.05) is 25.1 Å². The molecule has 1 aliphatic carbocycles. The highest BCUT2D eigenvalue weighted by atomic mass is 16.3. The highest BCUT2D eigenvalue weighted by Crippen LogP contribution is 2.42. The van der Waals surface area contributed by atoms with Crippen molar-refractivity contribution < 1.29 is 9.90 Å². The topological polar surface area (TPSA) is 67.2 Å². The molecular weight excluding hydrogens is 278 g/mol. The predicted molar refractivity (Wildman–Crippen MR) is 87.0 cm³/mol. The maximum Gasteiger partial charge on any atom is 0.254 e. The van der Waals surface area contributed by atoms with Crippen molar-refractivity contribution in [2.45, 2.75) is 65.3 Å². The molecule has 0 saturated heterocycles. The molecule has 2 N–H and O–H groups in total. The highest BCUT2D eigenvalue weighted by Gasteiger charge is 2.33. The molecule has 1 amide bonds. The first kappa shape index (κ1) is 17.0. The van der Waals surface area contributed by atoms with E-state index in [-0.39, 0.29) is 17.9 Å². The lowest BCUT2D eigenvalue weighted by molar-refractivity contribution is 0.0927. The largest absolute Gasteiger partial charge is 0.396 e. The van der Waals surface area contributed by atoms with Gasteiger partial charge in [0.15, 0.2) is 0 Å². The molecular formula is C17H29N3O2. The maximum atomic E-state index is 12.5. The van der Waals surface area contributed by atoms with E-state index in [1.807, 2.05) is 18.5 Å². The first-order valence-electron chi connectivity index (χ1n) is 8.36. The molecule has 1 aromatic heterocycles. The van der Waals surface area contributed by atoms with Gasteiger partial charge in [0.25, 0.3) is 5.91 Å². The van der Waals surface area contributed by atoms with Crippen LogP contribution >= 0.6 is 0 Å². The van der Waals surface area contributed by atoms with Gasteiger partial charge < -0.3 is 10.4 Å². The Balaban J connectivity index is 2.11. The minimum absolute atomic E-state index is 0.0394. The van der Waals surface area contributed by atoms with Crippen LogP contribution in [-0.2, 0) is 0 Å². The lowest BCUT2D eigenvalue weighted by atomic mass is 9.89. The third kappa shape index (κ3) is 3.88. The van der Waals surface area contributed by atoms with Crippen molar-refractivity contribution in [1.82, 2.24) is 15.1 Å². The monoisotopic (exact) mass is 307 g/mol. The molecule has 0 aliphatic heterocycles. The van der Waals surface area contributed by atoms with E-state index in [9.17, 15) is 4.79 Å². The van der Waals surface area contributed by atoms with Gasteiger partial charge in [-0.2, -0.15) is 5.10 Å². The minimum atomic E-state index is -0.100. The van der Waals surface area contributed by atoms with E-state index < -0.39 is 0 Å². The van der Waals surface area contributed by atoms with E-state index in [0.717, 1.165) is 30.5 Å². The second-order valence-electron chi connectivity index (χ2n) is 7.24. The van der Waals surface area contributed by atoms with E-state index in [1.165, 1.54) is 0 Å². The average Bonchev–Trinajstić information content (AvgIpc) is 3.22. The van der Waals surface area contributed by atoms with Crippen molar-refractivity contribution in [2.24, 2.45) is 5.41 Å². The second-order valence-corrected chi connectivity index (χ2v) is 7.24. The van der Waals surface area contributed by atoms with Gasteiger partial charge in [0.2, 0.25) is 0 Å². The molecule has 5 nitrogen and oxygen atoms in total. The summed E-state index contributed by atoms with van der Waals surface area (Å²) in [6, 6.07) is 0.322. The summed E-state index contributed by atoms with van der Waals surface area (Å²) in [6.45, 7) is 9.08. The number of nitrogens with zero attached hydrogens (tertiary/aromatic N) is 2. The molecule has 1 aliphatic rings. The van der Waals surface area contributed by atoms with Gasteiger partial charge in [0.1, 0.15) is 0 Å². The molecule has 1 atom stereocenters. The van der Waals surface area contributed by atoms with Crippen LogP contribution in [0, 0.1) is 5.41 Å². The summed E-state index contributed by atoms with van der Waals surface area (Å²) in [4.78, 5) is 12.5. The Morgan fingerprint density at radius 1 is 1.55 bits per heavy atom. The van der Waals surface area contributed by atoms with E-state index >= 15 is 0 Å². The van der Waals surface area contributed by atoms with Gasteiger partial charge in [0.05, 0.1) is 17.5 Å². The molecule has 0 spiro atoms. The van der Waals surface area contributed by atoms with Crippen LogP contribution in [-0.4, -0.2) is 33.9 Å². The molecule has 124 valence electrons. The van der Waals surface area contributed by atoms with Gasteiger partial charge in [-0.3, -0.25) is 9.48 Å². The number of carbonyl (C=O) groups excluding carboxylic acids is 1. The second kappa shape index (κ2) is 6.82.